The fourth-order valence-corrected chi connectivity index (χ4v) is 2.72. The fourth-order valence-electron chi connectivity index (χ4n) is 2.72. The van der Waals surface area contributed by atoms with Crippen LogP contribution in [-0.4, -0.2) is 49.9 Å². The highest BCUT2D eigenvalue weighted by atomic mass is 35.5. The number of aryl methyl sites for hydroxylation is 1. The lowest BCUT2D eigenvalue weighted by Crippen LogP contribution is -2.45. The molecule has 0 radical (unpaired) electrons. The lowest BCUT2D eigenvalue weighted by atomic mass is 9.99. The molecular formula is C15H25ClN2O2. The maximum absolute atomic E-state index is 9.34. The van der Waals surface area contributed by atoms with Gasteiger partial charge in [-0.3, -0.25) is 4.90 Å². The highest BCUT2D eigenvalue weighted by Crippen LogP contribution is 2.29. The molecule has 1 atom stereocenters. The summed E-state index contributed by atoms with van der Waals surface area (Å²) < 4.78 is 5.41. The van der Waals surface area contributed by atoms with Gasteiger partial charge in [0.1, 0.15) is 5.75 Å². The molecule has 1 fully saturated rings. The van der Waals surface area contributed by atoms with Gasteiger partial charge in [0.25, 0.3) is 0 Å². The first kappa shape index (κ1) is 17.2. The SMILES string of the molecule is COc1cc([C@@H](CCO)N2CCNCC2)ccc1C.Cl. The molecule has 0 unspecified atom stereocenters. The fraction of sp³-hybridized carbons (Fsp3) is 0.600. The molecule has 0 bridgehead atoms. The van der Waals surface area contributed by atoms with E-state index in [-0.39, 0.29) is 25.1 Å². The van der Waals surface area contributed by atoms with Crippen molar-refractivity contribution in [1.29, 1.82) is 0 Å². The standard InChI is InChI=1S/C15H24N2O2.ClH/c1-12-3-4-13(11-15(12)19-2)14(5-10-18)17-8-6-16-7-9-17;/h3-4,11,14,16,18H,5-10H2,1-2H3;1H/t14-;/m1./s1. The van der Waals surface area contributed by atoms with Crippen molar-refractivity contribution in [1.82, 2.24) is 10.2 Å². The number of nitrogens with zero attached hydrogens (tertiary/aromatic N) is 1. The summed E-state index contributed by atoms with van der Waals surface area (Å²) in [5.74, 6) is 0.926. The van der Waals surface area contributed by atoms with E-state index < -0.39 is 0 Å². The van der Waals surface area contributed by atoms with E-state index in [1.54, 1.807) is 7.11 Å². The number of hydrogen-bond donors (Lipinski definition) is 2. The van der Waals surface area contributed by atoms with Gasteiger partial charge in [-0.15, -0.1) is 12.4 Å². The minimum absolute atomic E-state index is 0. The van der Waals surface area contributed by atoms with E-state index in [2.05, 4.69) is 35.3 Å². The van der Waals surface area contributed by atoms with Gasteiger partial charge in [0.05, 0.1) is 7.11 Å². The van der Waals surface area contributed by atoms with E-state index in [9.17, 15) is 5.11 Å². The normalized spacial score (nSPS) is 17.4. The second-order valence-electron chi connectivity index (χ2n) is 5.04. The first-order valence-electron chi connectivity index (χ1n) is 6.96. The molecule has 1 aromatic carbocycles. The van der Waals surface area contributed by atoms with Gasteiger partial charge in [0, 0.05) is 38.8 Å². The second kappa shape index (κ2) is 8.47. The molecule has 5 heteroatoms. The summed E-state index contributed by atoms with van der Waals surface area (Å²) in [5, 5.41) is 12.7. The Hall–Kier alpha value is -0.810. The summed E-state index contributed by atoms with van der Waals surface area (Å²) in [6, 6.07) is 6.64. The van der Waals surface area contributed by atoms with E-state index in [0.717, 1.165) is 43.9 Å². The molecule has 20 heavy (non-hydrogen) atoms. The average Bonchev–Trinajstić information content (AvgIpc) is 2.46. The van der Waals surface area contributed by atoms with Gasteiger partial charge in [-0.2, -0.15) is 0 Å². The lowest BCUT2D eigenvalue weighted by molar-refractivity contribution is 0.141. The quantitative estimate of drug-likeness (QED) is 0.870. The minimum Gasteiger partial charge on any atom is -0.496 e. The van der Waals surface area contributed by atoms with Crippen molar-refractivity contribution in [3.63, 3.8) is 0 Å². The third kappa shape index (κ3) is 4.09. The summed E-state index contributed by atoms with van der Waals surface area (Å²) in [5.41, 5.74) is 2.38. The predicted octanol–water partition coefficient (Wildman–Crippen LogP) is 1.75. The van der Waals surface area contributed by atoms with E-state index in [1.165, 1.54) is 5.56 Å². The number of halogens is 1. The van der Waals surface area contributed by atoms with Crippen LogP contribution in [0.2, 0.25) is 0 Å². The van der Waals surface area contributed by atoms with Crippen molar-refractivity contribution >= 4 is 12.4 Å². The Morgan fingerprint density at radius 3 is 2.65 bits per heavy atom. The molecule has 0 aromatic heterocycles. The van der Waals surface area contributed by atoms with Gasteiger partial charge in [-0.05, 0) is 30.5 Å². The molecule has 1 aliphatic heterocycles. The molecule has 0 aliphatic carbocycles. The molecular weight excluding hydrogens is 276 g/mol. The molecule has 0 saturated carbocycles. The van der Waals surface area contributed by atoms with Crippen LogP contribution >= 0.6 is 12.4 Å². The molecule has 1 saturated heterocycles. The summed E-state index contributed by atoms with van der Waals surface area (Å²) in [6.45, 7) is 6.36. The van der Waals surface area contributed by atoms with Gasteiger partial charge in [0.2, 0.25) is 0 Å². The van der Waals surface area contributed by atoms with Gasteiger partial charge >= 0.3 is 0 Å². The zero-order chi connectivity index (χ0) is 13.7. The van der Waals surface area contributed by atoms with E-state index >= 15 is 0 Å². The Kier molecular flexibility index (Phi) is 7.30. The smallest absolute Gasteiger partial charge is 0.122 e. The van der Waals surface area contributed by atoms with Crippen LogP contribution in [0.1, 0.15) is 23.6 Å². The van der Waals surface area contributed by atoms with Crippen molar-refractivity contribution in [3.8, 4) is 5.75 Å². The molecule has 4 nitrogen and oxygen atoms in total. The van der Waals surface area contributed by atoms with Crippen molar-refractivity contribution in [2.75, 3.05) is 39.9 Å². The molecule has 0 amide bonds. The van der Waals surface area contributed by atoms with Crippen molar-refractivity contribution < 1.29 is 9.84 Å². The van der Waals surface area contributed by atoms with Crippen LogP contribution in [0.15, 0.2) is 18.2 Å². The first-order chi connectivity index (χ1) is 9.26. The number of ether oxygens (including phenoxy) is 1. The van der Waals surface area contributed by atoms with Crippen LogP contribution in [0.4, 0.5) is 0 Å². The number of piperazine rings is 1. The molecule has 1 aromatic rings. The Labute approximate surface area is 127 Å². The number of aliphatic hydroxyl groups excluding tert-OH is 1. The number of aliphatic hydroxyl groups is 1. The predicted molar refractivity (Wildman–Crippen MR) is 83.9 cm³/mol. The van der Waals surface area contributed by atoms with E-state index in [4.69, 9.17) is 4.74 Å². The largest absolute Gasteiger partial charge is 0.496 e. The van der Waals surface area contributed by atoms with Crippen LogP contribution in [-0.2, 0) is 0 Å². The lowest BCUT2D eigenvalue weighted by Gasteiger charge is -2.35. The van der Waals surface area contributed by atoms with Gasteiger partial charge < -0.3 is 15.2 Å². The molecule has 2 rings (SSSR count). The van der Waals surface area contributed by atoms with Gasteiger partial charge in [-0.25, -0.2) is 0 Å². The van der Waals surface area contributed by atoms with Crippen LogP contribution in [0.25, 0.3) is 0 Å². The highest BCUT2D eigenvalue weighted by molar-refractivity contribution is 5.85. The van der Waals surface area contributed by atoms with Crippen molar-refractivity contribution in [3.05, 3.63) is 29.3 Å². The van der Waals surface area contributed by atoms with Crippen LogP contribution < -0.4 is 10.1 Å². The molecule has 114 valence electrons. The number of hydrogen-bond acceptors (Lipinski definition) is 4. The Balaban J connectivity index is 0.00000200. The average molecular weight is 301 g/mol. The van der Waals surface area contributed by atoms with Gasteiger partial charge in [-0.1, -0.05) is 12.1 Å². The summed E-state index contributed by atoms with van der Waals surface area (Å²) in [4.78, 5) is 2.44. The molecule has 1 heterocycles. The number of methoxy groups -OCH3 is 1. The number of rotatable bonds is 5. The Morgan fingerprint density at radius 1 is 1.35 bits per heavy atom. The number of benzene rings is 1. The maximum atomic E-state index is 9.34. The molecule has 0 spiro atoms. The minimum atomic E-state index is 0. The maximum Gasteiger partial charge on any atom is 0.122 e. The highest BCUT2D eigenvalue weighted by Gasteiger charge is 2.22. The van der Waals surface area contributed by atoms with Crippen LogP contribution in [0.5, 0.6) is 5.75 Å². The van der Waals surface area contributed by atoms with E-state index in [0.29, 0.717) is 0 Å². The second-order valence-corrected chi connectivity index (χ2v) is 5.04. The van der Waals surface area contributed by atoms with Crippen molar-refractivity contribution in [2.24, 2.45) is 0 Å². The number of nitrogens with one attached hydrogen (secondary N) is 1. The third-order valence-corrected chi connectivity index (χ3v) is 3.81. The van der Waals surface area contributed by atoms with E-state index in [1.807, 2.05) is 0 Å². The van der Waals surface area contributed by atoms with Gasteiger partial charge in [0.15, 0.2) is 0 Å². The zero-order valence-corrected chi connectivity index (χ0v) is 13.1. The molecule has 2 N–H and O–H groups in total. The molecule has 1 aliphatic rings. The third-order valence-electron chi connectivity index (χ3n) is 3.81. The summed E-state index contributed by atoms with van der Waals surface area (Å²) >= 11 is 0. The Bertz CT molecular complexity index is 409. The van der Waals surface area contributed by atoms with Crippen molar-refractivity contribution in [2.45, 2.75) is 19.4 Å². The first-order valence-corrected chi connectivity index (χ1v) is 6.96. The van der Waals surface area contributed by atoms with Crippen LogP contribution in [0, 0.1) is 6.92 Å². The topological polar surface area (TPSA) is 44.7 Å². The summed E-state index contributed by atoms with van der Waals surface area (Å²) in [6.07, 6.45) is 0.770. The zero-order valence-electron chi connectivity index (χ0n) is 12.3. The Morgan fingerprint density at radius 2 is 2.05 bits per heavy atom. The van der Waals surface area contributed by atoms with Crippen LogP contribution in [0.3, 0.4) is 0 Å². The summed E-state index contributed by atoms with van der Waals surface area (Å²) in [7, 11) is 1.71. The monoisotopic (exact) mass is 300 g/mol.